The molecule has 1 heterocycles. The largest absolute Gasteiger partial charge is 0.486 e. The quantitative estimate of drug-likeness (QED) is 0.882. The van der Waals surface area contributed by atoms with Crippen LogP contribution < -0.4 is 10.1 Å². The highest BCUT2D eigenvalue weighted by Crippen LogP contribution is 2.24. The van der Waals surface area contributed by atoms with Crippen LogP contribution in [0.1, 0.15) is 34.0 Å². The molecule has 3 nitrogen and oxygen atoms in total. The van der Waals surface area contributed by atoms with Crippen molar-refractivity contribution in [2.45, 2.75) is 45.9 Å². The zero-order valence-electron chi connectivity index (χ0n) is 12.0. The first-order chi connectivity index (χ1) is 9.72. The Bertz CT molecular complexity index is 570. The number of hydrogen-bond acceptors (Lipinski definition) is 4. The Morgan fingerprint density at radius 3 is 2.80 bits per heavy atom. The summed E-state index contributed by atoms with van der Waals surface area (Å²) in [6.07, 6.45) is 2.61. The molecule has 1 aromatic heterocycles. The minimum atomic E-state index is 0.555. The normalized spacial score (nSPS) is 14.5. The molecule has 0 saturated heterocycles. The van der Waals surface area contributed by atoms with Gasteiger partial charge < -0.3 is 10.1 Å². The van der Waals surface area contributed by atoms with Crippen molar-refractivity contribution in [3.8, 4) is 5.75 Å². The fourth-order valence-corrected chi connectivity index (χ4v) is 2.92. The molecular formula is C16H20N2OS. The average molecular weight is 288 g/mol. The molecule has 2 aromatic rings. The molecule has 0 spiro atoms. The average Bonchev–Trinajstić information content (AvgIpc) is 3.22. The predicted octanol–water partition coefficient (Wildman–Crippen LogP) is 3.59. The van der Waals surface area contributed by atoms with Gasteiger partial charge in [0.2, 0.25) is 0 Å². The third-order valence-electron chi connectivity index (χ3n) is 3.56. The van der Waals surface area contributed by atoms with Gasteiger partial charge in [-0.1, -0.05) is 18.2 Å². The van der Waals surface area contributed by atoms with Gasteiger partial charge in [-0.15, -0.1) is 11.3 Å². The number of para-hydroxylation sites is 1. The van der Waals surface area contributed by atoms with Crippen molar-refractivity contribution in [2.24, 2.45) is 0 Å². The second kappa shape index (κ2) is 5.94. The third kappa shape index (κ3) is 3.38. The first kappa shape index (κ1) is 13.6. The van der Waals surface area contributed by atoms with Crippen LogP contribution in [-0.4, -0.2) is 11.0 Å². The van der Waals surface area contributed by atoms with Crippen molar-refractivity contribution in [1.82, 2.24) is 10.3 Å². The zero-order valence-corrected chi connectivity index (χ0v) is 12.8. The van der Waals surface area contributed by atoms with Gasteiger partial charge in [-0.05, 0) is 32.8 Å². The van der Waals surface area contributed by atoms with E-state index >= 15 is 0 Å². The second-order valence-corrected chi connectivity index (χ2v) is 6.59. The van der Waals surface area contributed by atoms with Crippen LogP contribution in [0.5, 0.6) is 5.75 Å². The molecule has 1 aliphatic carbocycles. The Balaban J connectivity index is 1.63. The number of aromatic nitrogens is 1. The maximum Gasteiger partial charge on any atom is 0.140 e. The van der Waals surface area contributed by atoms with Crippen molar-refractivity contribution < 1.29 is 4.74 Å². The Morgan fingerprint density at radius 1 is 1.30 bits per heavy atom. The van der Waals surface area contributed by atoms with Gasteiger partial charge in [0.1, 0.15) is 17.4 Å². The summed E-state index contributed by atoms with van der Waals surface area (Å²) in [5, 5.41) is 4.58. The summed E-state index contributed by atoms with van der Waals surface area (Å²) in [6, 6.07) is 8.97. The number of aryl methyl sites for hydroxylation is 2. The lowest BCUT2D eigenvalue weighted by atomic mass is 10.2. The van der Waals surface area contributed by atoms with Crippen LogP contribution in [0.25, 0.3) is 0 Å². The topological polar surface area (TPSA) is 34.1 Å². The smallest absolute Gasteiger partial charge is 0.140 e. The lowest BCUT2D eigenvalue weighted by Gasteiger charge is -2.11. The van der Waals surface area contributed by atoms with Crippen molar-refractivity contribution in [3.63, 3.8) is 0 Å². The molecule has 1 aliphatic rings. The molecule has 4 heteroatoms. The number of thiazole rings is 1. The maximum atomic E-state index is 5.95. The van der Waals surface area contributed by atoms with E-state index in [0.717, 1.165) is 23.0 Å². The molecule has 0 radical (unpaired) electrons. The summed E-state index contributed by atoms with van der Waals surface area (Å²) in [7, 11) is 0. The highest BCUT2D eigenvalue weighted by Gasteiger charge is 2.20. The molecule has 106 valence electrons. The van der Waals surface area contributed by atoms with E-state index in [1.54, 1.807) is 11.3 Å². The van der Waals surface area contributed by atoms with E-state index < -0.39 is 0 Å². The summed E-state index contributed by atoms with van der Waals surface area (Å²) in [5.41, 5.74) is 2.33. The molecule has 1 saturated carbocycles. The van der Waals surface area contributed by atoms with Crippen LogP contribution in [0.15, 0.2) is 24.3 Å². The van der Waals surface area contributed by atoms with E-state index in [1.165, 1.54) is 23.3 Å². The highest BCUT2D eigenvalue weighted by atomic mass is 32.1. The lowest BCUT2D eigenvalue weighted by Crippen LogP contribution is -2.16. The SMILES string of the molecule is Cc1nc(COc2ccccc2CNC2CC2)sc1C. The minimum Gasteiger partial charge on any atom is -0.486 e. The minimum absolute atomic E-state index is 0.555. The van der Waals surface area contributed by atoms with Crippen molar-refractivity contribution in [3.05, 3.63) is 45.4 Å². The molecule has 1 aromatic carbocycles. The summed E-state index contributed by atoms with van der Waals surface area (Å²) in [5.74, 6) is 0.964. The van der Waals surface area contributed by atoms with Gasteiger partial charge in [0, 0.05) is 23.0 Å². The highest BCUT2D eigenvalue weighted by molar-refractivity contribution is 7.11. The second-order valence-electron chi connectivity index (χ2n) is 5.30. The molecule has 0 unspecified atom stereocenters. The molecule has 1 fully saturated rings. The monoisotopic (exact) mass is 288 g/mol. The first-order valence-electron chi connectivity index (χ1n) is 7.09. The fourth-order valence-electron chi connectivity index (χ4n) is 2.07. The molecule has 0 bridgehead atoms. The number of hydrogen-bond donors (Lipinski definition) is 1. The molecule has 20 heavy (non-hydrogen) atoms. The van der Waals surface area contributed by atoms with Gasteiger partial charge in [-0.3, -0.25) is 0 Å². The van der Waals surface area contributed by atoms with Crippen LogP contribution in [0, 0.1) is 13.8 Å². The van der Waals surface area contributed by atoms with E-state index in [9.17, 15) is 0 Å². The van der Waals surface area contributed by atoms with Crippen LogP contribution in [0.2, 0.25) is 0 Å². The lowest BCUT2D eigenvalue weighted by molar-refractivity contribution is 0.301. The van der Waals surface area contributed by atoms with Crippen LogP contribution in [0.4, 0.5) is 0 Å². The van der Waals surface area contributed by atoms with Crippen molar-refractivity contribution in [1.29, 1.82) is 0 Å². The van der Waals surface area contributed by atoms with Crippen LogP contribution in [-0.2, 0) is 13.2 Å². The Morgan fingerprint density at radius 2 is 2.10 bits per heavy atom. The van der Waals surface area contributed by atoms with Gasteiger partial charge in [-0.25, -0.2) is 4.98 Å². The number of nitrogens with one attached hydrogen (secondary N) is 1. The van der Waals surface area contributed by atoms with Gasteiger partial charge in [0.15, 0.2) is 0 Å². The molecule has 3 rings (SSSR count). The summed E-state index contributed by atoms with van der Waals surface area (Å²) in [6.45, 7) is 5.59. The van der Waals surface area contributed by atoms with Gasteiger partial charge in [0.25, 0.3) is 0 Å². The van der Waals surface area contributed by atoms with E-state index in [0.29, 0.717) is 12.6 Å². The van der Waals surface area contributed by atoms with E-state index in [4.69, 9.17) is 4.74 Å². The van der Waals surface area contributed by atoms with Crippen molar-refractivity contribution >= 4 is 11.3 Å². The third-order valence-corrected chi connectivity index (χ3v) is 4.60. The number of benzene rings is 1. The molecule has 0 atom stereocenters. The summed E-state index contributed by atoms with van der Waals surface area (Å²) in [4.78, 5) is 5.79. The predicted molar refractivity (Wildman–Crippen MR) is 82.2 cm³/mol. The Hall–Kier alpha value is -1.39. The van der Waals surface area contributed by atoms with E-state index in [-0.39, 0.29) is 0 Å². The molecular weight excluding hydrogens is 268 g/mol. The summed E-state index contributed by atoms with van der Waals surface area (Å²) >= 11 is 1.72. The van der Waals surface area contributed by atoms with Gasteiger partial charge >= 0.3 is 0 Å². The Kier molecular flexibility index (Phi) is 4.03. The molecule has 1 N–H and O–H groups in total. The Labute approximate surface area is 124 Å². The van der Waals surface area contributed by atoms with Gasteiger partial charge in [0.05, 0.1) is 5.69 Å². The number of ether oxygens (including phenoxy) is 1. The number of nitrogens with zero attached hydrogens (tertiary/aromatic N) is 1. The molecule has 0 aliphatic heterocycles. The first-order valence-corrected chi connectivity index (χ1v) is 7.91. The zero-order chi connectivity index (χ0) is 13.9. The van der Waals surface area contributed by atoms with E-state index in [1.807, 2.05) is 19.1 Å². The van der Waals surface area contributed by atoms with Crippen LogP contribution in [0.3, 0.4) is 0 Å². The van der Waals surface area contributed by atoms with Crippen LogP contribution >= 0.6 is 11.3 Å². The van der Waals surface area contributed by atoms with Gasteiger partial charge in [-0.2, -0.15) is 0 Å². The van der Waals surface area contributed by atoms with E-state index in [2.05, 4.69) is 29.4 Å². The molecule has 0 amide bonds. The fraction of sp³-hybridized carbons (Fsp3) is 0.438. The van der Waals surface area contributed by atoms with Crippen molar-refractivity contribution in [2.75, 3.05) is 0 Å². The summed E-state index contributed by atoms with van der Waals surface area (Å²) < 4.78 is 5.95. The number of rotatable bonds is 6. The maximum absolute atomic E-state index is 5.95. The standard InChI is InChI=1S/C16H20N2OS/c1-11-12(2)20-16(18-11)10-19-15-6-4-3-5-13(15)9-17-14-7-8-14/h3-6,14,17H,7-10H2,1-2H3.